The largest absolute Gasteiger partial charge is 0.348 e. The monoisotopic (exact) mass is 380 g/mol. The standard InChI is InChI=1S/C21H24N4OS/c1-13-14(2)21(27-15(13)3)24-18(26)11-25-10-9-17-19(23-12-22-17)20(25)16-7-5-4-6-8-16/h4-8,12,20H,9-11H2,1-3H3,(H,22,23)(H,24,26). The van der Waals surface area contributed by atoms with E-state index in [4.69, 9.17) is 0 Å². The number of H-pyrrole nitrogens is 1. The van der Waals surface area contributed by atoms with Crippen LogP contribution in [0.3, 0.4) is 0 Å². The second kappa shape index (κ2) is 7.29. The Morgan fingerprint density at radius 3 is 2.74 bits per heavy atom. The number of aromatic nitrogens is 2. The average molecular weight is 381 g/mol. The third-order valence-electron chi connectivity index (χ3n) is 5.43. The maximum atomic E-state index is 12.8. The number of thiophene rings is 1. The van der Waals surface area contributed by atoms with Crippen molar-refractivity contribution in [2.24, 2.45) is 0 Å². The van der Waals surface area contributed by atoms with Crippen LogP contribution in [0.15, 0.2) is 36.7 Å². The molecule has 0 spiro atoms. The van der Waals surface area contributed by atoms with E-state index in [1.54, 1.807) is 17.7 Å². The quantitative estimate of drug-likeness (QED) is 0.720. The third-order valence-corrected chi connectivity index (χ3v) is 6.65. The normalized spacial score (nSPS) is 16.9. The summed E-state index contributed by atoms with van der Waals surface area (Å²) >= 11 is 1.65. The van der Waals surface area contributed by atoms with Crippen molar-refractivity contribution in [3.8, 4) is 0 Å². The molecule has 0 saturated heterocycles. The van der Waals surface area contributed by atoms with Crippen molar-refractivity contribution >= 4 is 22.2 Å². The number of nitrogens with zero attached hydrogens (tertiary/aromatic N) is 2. The maximum Gasteiger partial charge on any atom is 0.239 e. The fourth-order valence-corrected chi connectivity index (χ4v) is 4.79. The lowest BCUT2D eigenvalue weighted by Gasteiger charge is -2.34. The summed E-state index contributed by atoms with van der Waals surface area (Å²) in [4.78, 5) is 24.1. The van der Waals surface area contributed by atoms with Crippen LogP contribution < -0.4 is 5.32 Å². The molecule has 1 unspecified atom stereocenters. The van der Waals surface area contributed by atoms with Gasteiger partial charge >= 0.3 is 0 Å². The van der Waals surface area contributed by atoms with E-state index in [0.717, 1.165) is 29.2 Å². The zero-order chi connectivity index (χ0) is 19.0. The van der Waals surface area contributed by atoms with Crippen molar-refractivity contribution in [3.05, 3.63) is 69.6 Å². The predicted octanol–water partition coefficient (Wildman–Crippen LogP) is 3.98. The smallest absolute Gasteiger partial charge is 0.239 e. The number of aryl methyl sites for hydroxylation is 1. The van der Waals surface area contributed by atoms with Crippen LogP contribution in [0.4, 0.5) is 5.00 Å². The highest BCUT2D eigenvalue weighted by atomic mass is 32.1. The zero-order valence-electron chi connectivity index (χ0n) is 15.9. The summed E-state index contributed by atoms with van der Waals surface area (Å²) in [5.41, 5.74) is 5.78. The Morgan fingerprint density at radius 1 is 1.26 bits per heavy atom. The minimum Gasteiger partial charge on any atom is -0.348 e. The van der Waals surface area contributed by atoms with Crippen LogP contribution in [0.2, 0.25) is 0 Å². The molecule has 0 saturated carbocycles. The van der Waals surface area contributed by atoms with E-state index < -0.39 is 0 Å². The number of rotatable bonds is 4. The van der Waals surface area contributed by atoms with Crippen LogP contribution in [0, 0.1) is 20.8 Å². The van der Waals surface area contributed by atoms with Gasteiger partial charge in [-0.25, -0.2) is 4.98 Å². The van der Waals surface area contributed by atoms with Gasteiger partial charge in [0.05, 0.1) is 29.6 Å². The maximum absolute atomic E-state index is 12.8. The van der Waals surface area contributed by atoms with E-state index in [-0.39, 0.29) is 11.9 Å². The summed E-state index contributed by atoms with van der Waals surface area (Å²) in [6.45, 7) is 7.44. The molecule has 3 heterocycles. The summed E-state index contributed by atoms with van der Waals surface area (Å²) in [5.74, 6) is 0.0271. The minimum absolute atomic E-state index is 0.000134. The van der Waals surface area contributed by atoms with E-state index in [9.17, 15) is 4.79 Å². The van der Waals surface area contributed by atoms with Gasteiger partial charge in [0.25, 0.3) is 0 Å². The summed E-state index contributed by atoms with van der Waals surface area (Å²) in [6.07, 6.45) is 2.63. The fraction of sp³-hybridized carbons (Fsp3) is 0.333. The molecule has 4 rings (SSSR count). The first-order chi connectivity index (χ1) is 13.0. The number of anilines is 1. The van der Waals surface area contributed by atoms with Gasteiger partial charge in [-0.2, -0.15) is 0 Å². The molecule has 0 bridgehead atoms. The topological polar surface area (TPSA) is 61.0 Å². The van der Waals surface area contributed by atoms with Crippen LogP contribution >= 0.6 is 11.3 Å². The number of hydrogen-bond donors (Lipinski definition) is 2. The van der Waals surface area contributed by atoms with Gasteiger partial charge in [-0.1, -0.05) is 30.3 Å². The summed E-state index contributed by atoms with van der Waals surface area (Å²) < 4.78 is 0. The number of amides is 1. The van der Waals surface area contributed by atoms with Gasteiger partial charge in [0.1, 0.15) is 0 Å². The summed E-state index contributed by atoms with van der Waals surface area (Å²) in [7, 11) is 0. The van der Waals surface area contributed by atoms with Crippen LogP contribution in [-0.2, 0) is 11.2 Å². The van der Waals surface area contributed by atoms with Gasteiger partial charge in [-0.05, 0) is 37.5 Å². The van der Waals surface area contributed by atoms with Gasteiger partial charge in [0.2, 0.25) is 5.91 Å². The number of aromatic amines is 1. The molecule has 5 nitrogen and oxygen atoms in total. The SMILES string of the molecule is Cc1sc(NC(=O)CN2CCc3[nH]cnc3C2c2ccccc2)c(C)c1C. The molecule has 2 aromatic heterocycles. The van der Waals surface area contributed by atoms with Gasteiger partial charge in [-0.3, -0.25) is 9.69 Å². The molecule has 0 aliphatic carbocycles. The van der Waals surface area contributed by atoms with Gasteiger partial charge in [-0.15, -0.1) is 11.3 Å². The molecular weight excluding hydrogens is 356 g/mol. The van der Waals surface area contributed by atoms with Crippen LogP contribution in [0.1, 0.15) is 39.0 Å². The number of hydrogen-bond acceptors (Lipinski definition) is 4. The highest BCUT2D eigenvalue weighted by Crippen LogP contribution is 2.34. The number of nitrogens with one attached hydrogen (secondary N) is 2. The molecule has 1 amide bonds. The molecule has 0 radical (unpaired) electrons. The van der Waals surface area contributed by atoms with E-state index in [0.29, 0.717) is 6.54 Å². The highest BCUT2D eigenvalue weighted by molar-refractivity contribution is 7.16. The van der Waals surface area contributed by atoms with Crippen LogP contribution in [0.5, 0.6) is 0 Å². The van der Waals surface area contributed by atoms with Gasteiger partial charge in [0.15, 0.2) is 0 Å². The Balaban J connectivity index is 1.57. The number of imidazole rings is 1. The molecule has 0 fully saturated rings. The van der Waals surface area contributed by atoms with Crippen molar-refractivity contribution in [2.45, 2.75) is 33.2 Å². The van der Waals surface area contributed by atoms with E-state index in [1.807, 2.05) is 18.2 Å². The van der Waals surface area contributed by atoms with Crippen molar-refractivity contribution in [3.63, 3.8) is 0 Å². The Labute approximate surface area is 163 Å². The highest BCUT2D eigenvalue weighted by Gasteiger charge is 2.32. The lowest BCUT2D eigenvalue weighted by molar-refractivity contribution is -0.117. The van der Waals surface area contributed by atoms with Gasteiger partial charge < -0.3 is 10.3 Å². The minimum atomic E-state index is -0.000134. The Hall–Kier alpha value is -2.44. The number of carbonyl (C=O) groups is 1. The first-order valence-electron chi connectivity index (χ1n) is 9.22. The van der Waals surface area contributed by atoms with Crippen molar-refractivity contribution < 1.29 is 4.79 Å². The number of carbonyl (C=O) groups excluding carboxylic acids is 1. The Morgan fingerprint density at radius 2 is 2.04 bits per heavy atom. The van der Waals surface area contributed by atoms with Crippen LogP contribution in [0.25, 0.3) is 0 Å². The van der Waals surface area contributed by atoms with E-state index >= 15 is 0 Å². The van der Waals surface area contributed by atoms with Crippen LogP contribution in [-0.4, -0.2) is 33.9 Å². The lowest BCUT2D eigenvalue weighted by Crippen LogP contribution is -2.41. The third kappa shape index (κ3) is 3.42. The molecule has 2 N–H and O–H groups in total. The summed E-state index contributed by atoms with van der Waals surface area (Å²) in [6, 6.07) is 10.3. The Bertz CT molecular complexity index is 960. The molecule has 1 aromatic carbocycles. The molecule has 1 aliphatic heterocycles. The van der Waals surface area contributed by atoms with Gasteiger partial charge in [0, 0.05) is 23.5 Å². The van der Waals surface area contributed by atoms with Crippen molar-refractivity contribution in [1.29, 1.82) is 0 Å². The second-order valence-electron chi connectivity index (χ2n) is 7.09. The molecule has 1 aliphatic rings. The predicted molar refractivity (Wildman–Crippen MR) is 109 cm³/mol. The average Bonchev–Trinajstić information content (AvgIpc) is 3.23. The molecular formula is C21H24N4OS. The molecule has 6 heteroatoms. The van der Waals surface area contributed by atoms with E-state index in [2.05, 4.69) is 53.1 Å². The molecule has 140 valence electrons. The first-order valence-corrected chi connectivity index (χ1v) is 10.0. The number of benzene rings is 1. The Kier molecular flexibility index (Phi) is 4.85. The molecule has 3 aromatic rings. The zero-order valence-corrected chi connectivity index (χ0v) is 16.7. The first kappa shape index (κ1) is 17.9. The second-order valence-corrected chi connectivity index (χ2v) is 8.31. The van der Waals surface area contributed by atoms with E-state index in [1.165, 1.54) is 21.7 Å². The van der Waals surface area contributed by atoms with Crippen molar-refractivity contribution in [2.75, 3.05) is 18.4 Å². The fourth-order valence-electron chi connectivity index (χ4n) is 3.71. The summed E-state index contributed by atoms with van der Waals surface area (Å²) in [5, 5.41) is 4.08. The molecule has 1 atom stereocenters. The number of fused-ring (bicyclic) bond motifs is 1. The molecule has 27 heavy (non-hydrogen) atoms. The lowest BCUT2D eigenvalue weighted by atomic mass is 9.95. The van der Waals surface area contributed by atoms with Crippen molar-refractivity contribution in [1.82, 2.24) is 14.9 Å².